The Hall–Kier alpha value is -3.14. The number of hydrogen-bond donors (Lipinski definition) is 1. The zero-order valence-electron chi connectivity index (χ0n) is 20.7. The molecule has 1 aromatic heterocycles. The van der Waals surface area contributed by atoms with E-state index in [1.165, 1.54) is 16.7 Å². The molecule has 4 aliphatic rings. The number of allylic oxidation sites excluding steroid dienone is 2. The maximum atomic E-state index is 10.2. The second kappa shape index (κ2) is 9.06. The normalized spacial score (nSPS) is 26.4. The van der Waals surface area contributed by atoms with E-state index in [1.807, 2.05) is 12.3 Å². The van der Waals surface area contributed by atoms with Crippen molar-refractivity contribution in [3.05, 3.63) is 71.3 Å². The van der Waals surface area contributed by atoms with Crippen LogP contribution in [0.25, 0.3) is 0 Å². The molecule has 2 bridgehead atoms. The molecule has 9 nitrogen and oxygen atoms in total. The number of ether oxygens (including phenoxy) is 4. The van der Waals surface area contributed by atoms with Crippen LogP contribution in [0.3, 0.4) is 0 Å². The first kappa shape index (κ1) is 23.3. The lowest BCUT2D eigenvalue weighted by molar-refractivity contribution is 0.0373. The highest BCUT2D eigenvalue weighted by Crippen LogP contribution is 2.62. The fourth-order valence-electron chi connectivity index (χ4n) is 6.45. The van der Waals surface area contributed by atoms with Crippen molar-refractivity contribution < 1.29 is 24.1 Å². The van der Waals surface area contributed by atoms with Crippen LogP contribution in [0.15, 0.2) is 54.5 Å². The minimum absolute atomic E-state index is 0.178. The second-order valence-corrected chi connectivity index (χ2v) is 9.85. The lowest BCUT2D eigenvalue weighted by atomic mass is 9.57. The quantitative estimate of drug-likeness (QED) is 0.399. The van der Waals surface area contributed by atoms with Gasteiger partial charge in [0, 0.05) is 30.9 Å². The summed E-state index contributed by atoms with van der Waals surface area (Å²) in [4.78, 5) is 2.49. The van der Waals surface area contributed by atoms with Gasteiger partial charge in [0.25, 0.3) is 0 Å². The van der Waals surface area contributed by atoms with E-state index in [1.54, 1.807) is 25.0 Å². The average molecular weight is 493 g/mol. The molecule has 2 aromatic rings. The number of nitrogens with zero attached hydrogens (tertiary/aromatic N) is 4. The van der Waals surface area contributed by atoms with Gasteiger partial charge in [0.05, 0.1) is 51.2 Å². The summed E-state index contributed by atoms with van der Waals surface area (Å²) in [5.41, 5.74) is 4.61. The maximum absolute atomic E-state index is 10.2. The Morgan fingerprint density at radius 2 is 2.19 bits per heavy atom. The van der Waals surface area contributed by atoms with E-state index in [4.69, 9.17) is 18.9 Å². The number of likely N-dealkylation sites (tertiary alicyclic amines) is 1. The molecule has 0 radical (unpaired) electrons. The first-order chi connectivity index (χ1) is 17.6. The van der Waals surface area contributed by atoms with Gasteiger partial charge in [-0.1, -0.05) is 23.4 Å². The average Bonchev–Trinajstić information content (AvgIpc) is 3.47. The molecule has 0 saturated carbocycles. The van der Waals surface area contributed by atoms with Crippen molar-refractivity contribution in [3.8, 4) is 11.5 Å². The molecular formula is C27H32N4O5. The third-order valence-electron chi connectivity index (χ3n) is 7.89. The van der Waals surface area contributed by atoms with Gasteiger partial charge in [-0.15, -0.1) is 11.7 Å². The van der Waals surface area contributed by atoms with Crippen LogP contribution in [0.5, 0.6) is 11.5 Å². The van der Waals surface area contributed by atoms with Gasteiger partial charge in [-0.3, -0.25) is 4.90 Å². The molecule has 9 heteroatoms. The topological polar surface area (TPSA) is 91.1 Å². The Morgan fingerprint density at radius 1 is 1.31 bits per heavy atom. The Balaban J connectivity index is 1.27. The number of aliphatic hydroxyl groups excluding tert-OH is 1. The predicted molar refractivity (Wildman–Crippen MR) is 132 cm³/mol. The van der Waals surface area contributed by atoms with Crippen molar-refractivity contribution >= 4 is 0 Å². The molecule has 1 spiro atoms. The van der Waals surface area contributed by atoms with Crippen LogP contribution < -0.4 is 9.47 Å². The van der Waals surface area contributed by atoms with Crippen LogP contribution in [-0.4, -0.2) is 77.2 Å². The lowest BCUT2D eigenvalue weighted by Gasteiger charge is -2.53. The van der Waals surface area contributed by atoms with Crippen LogP contribution in [0.4, 0.5) is 0 Å². The van der Waals surface area contributed by atoms with Crippen LogP contribution >= 0.6 is 0 Å². The molecule has 1 aromatic carbocycles. The second-order valence-electron chi connectivity index (χ2n) is 9.85. The fourth-order valence-corrected chi connectivity index (χ4v) is 6.45. The number of benzene rings is 1. The van der Waals surface area contributed by atoms with Gasteiger partial charge in [0.1, 0.15) is 5.76 Å². The largest absolute Gasteiger partial charge is 0.497 e. The van der Waals surface area contributed by atoms with Gasteiger partial charge >= 0.3 is 0 Å². The molecule has 6 rings (SSSR count). The molecule has 0 amide bonds. The van der Waals surface area contributed by atoms with Gasteiger partial charge in [0.2, 0.25) is 0 Å². The number of aromatic nitrogens is 3. The van der Waals surface area contributed by atoms with Gasteiger partial charge in [-0.25, -0.2) is 4.68 Å². The number of methoxy groups -OCH3 is 2. The third kappa shape index (κ3) is 3.48. The number of piperidine rings is 1. The van der Waals surface area contributed by atoms with Crippen molar-refractivity contribution in [2.75, 3.05) is 34.0 Å². The molecular weight excluding hydrogens is 460 g/mol. The van der Waals surface area contributed by atoms with Gasteiger partial charge < -0.3 is 24.1 Å². The Kier molecular flexibility index (Phi) is 5.86. The van der Waals surface area contributed by atoms with Crippen molar-refractivity contribution in [1.82, 2.24) is 19.9 Å². The predicted octanol–water partition coefficient (Wildman–Crippen LogP) is 2.15. The van der Waals surface area contributed by atoms with Crippen molar-refractivity contribution in [3.63, 3.8) is 0 Å². The first-order valence-electron chi connectivity index (χ1n) is 12.4. The standard InChI is InChI=1S/C27H32N4O5/c1-4-11-35-16-19(32)15-31-14-18(28-29-31)13-30-10-9-27-20-6-8-23(34-3)26(27)36-25-22(33-2)7-5-17(24(25)27)12-21(20)30/h4-8,14,19,21,26,32H,1,9-13,15-16H2,2-3H3. The zero-order chi connectivity index (χ0) is 24.9. The summed E-state index contributed by atoms with van der Waals surface area (Å²) in [6, 6.07) is 4.44. The van der Waals surface area contributed by atoms with Crippen molar-refractivity contribution in [2.24, 2.45) is 0 Å². The summed E-state index contributed by atoms with van der Waals surface area (Å²) in [7, 11) is 3.41. The summed E-state index contributed by atoms with van der Waals surface area (Å²) in [6.45, 7) is 6.19. The lowest BCUT2D eigenvalue weighted by Crippen LogP contribution is -2.59. The number of rotatable bonds is 10. The van der Waals surface area contributed by atoms with Crippen LogP contribution in [-0.2, 0) is 34.4 Å². The number of aliphatic hydroxyl groups is 1. The summed E-state index contributed by atoms with van der Waals surface area (Å²) in [5, 5.41) is 18.8. The summed E-state index contributed by atoms with van der Waals surface area (Å²) < 4.78 is 25.1. The minimum Gasteiger partial charge on any atom is -0.497 e. The highest BCUT2D eigenvalue weighted by molar-refractivity contribution is 5.67. The van der Waals surface area contributed by atoms with E-state index < -0.39 is 6.10 Å². The summed E-state index contributed by atoms with van der Waals surface area (Å²) in [5.74, 6) is 2.50. The maximum Gasteiger partial charge on any atom is 0.169 e. The van der Waals surface area contributed by atoms with Crippen LogP contribution in [0, 0.1) is 0 Å². The highest BCUT2D eigenvalue weighted by Gasteiger charge is 2.62. The van der Waals surface area contributed by atoms with Crippen molar-refractivity contribution in [1.29, 1.82) is 0 Å². The molecule has 190 valence electrons. The summed E-state index contributed by atoms with van der Waals surface area (Å²) in [6.07, 6.45) is 8.87. The van der Waals surface area contributed by atoms with Gasteiger partial charge in [-0.05, 0) is 36.1 Å². The van der Waals surface area contributed by atoms with Crippen LogP contribution in [0.2, 0.25) is 0 Å². The minimum atomic E-state index is -0.649. The van der Waals surface area contributed by atoms with E-state index in [0.717, 1.165) is 42.3 Å². The van der Waals surface area contributed by atoms with E-state index in [0.29, 0.717) is 19.7 Å². The van der Waals surface area contributed by atoms with Gasteiger partial charge in [0.15, 0.2) is 17.6 Å². The number of hydrogen-bond acceptors (Lipinski definition) is 8. The SMILES string of the molecule is C=CCOCC(O)Cn1cc(CN2CCC34C5=CC=C(OC)C3Oc3c(OC)ccc(c34)CC52)nn1. The molecule has 2 aliphatic carbocycles. The smallest absolute Gasteiger partial charge is 0.169 e. The highest BCUT2D eigenvalue weighted by atomic mass is 16.6. The fraction of sp³-hybridized carbons (Fsp3) is 0.481. The molecule has 1 fully saturated rings. The zero-order valence-corrected chi connectivity index (χ0v) is 20.7. The molecule has 3 heterocycles. The van der Waals surface area contributed by atoms with E-state index in [9.17, 15) is 5.11 Å². The van der Waals surface area contributed by atoms with Crippen molar-refractivity contribution in [2.45, 2.75) is 49.6 Å². The molecule has 1 N–H and O–H groups in total. The Bertz CT molecular complexity index is 1240. The monoisotopic (exact) mass is 492 g/mol. The molecule has 36 heavy (non-hydrogen) atoms. The van der Waals surface area contributed by atoms with E-state index in [2.05, 4.69) is 40.0 Å². The third-order valence-corrected chi connectivity index (χ3v) is 7.89. The van der Waals surface area contributed by atoms with Gasteiger partial charge in [-0.2, -0.15) is 0 Å². The van der Waals surface area contributed by atoms with Crippen LogP contribution in [0.1, 0.15) is 23.2 Å². The van der Waals surface area contributed by atoms with E-state index in [-0.39, 0.29) is 24.2 Å². The molecule has 1 saturated heterocycles. The Labute approximate surface area is 210 Å². The van der Waals surface area contributed by atoms with E-state index >= 15 is 0 Å². The molecule has 2 aliphatic heterocycles. The molecule has 4 unspecified atom stereocenters. The summed E-state index contributed by atoms with van der Waals surface area (Å²) >= 11 is 0. The first-order valence-corrected chi connectivity index (χ1v) is 12.4. The Morgan fingerprint density at radius 3 is 3.00 bits per heavy atom. The molecule has 4 atom stereocenters.